The van der Waals surface area contributed by atoms with E-state index in [0.29, 0.717) is 28.4 Å². The van der Waals surface area contributed by atoms with E-state index >= 15 is 0 Å². The average Bonchev–Trinajstić information content (AvgIpc) is 3.21. The van der Waals surface area contributed by atoms with Crippen LogP contribution in [0.3, 0.4) is 0 Å². The second kappa shape index (κ2) is 9.56. The Morgan fingerprint density at radius 1 is 0.970 bits per heavy atom. The van der Waals surface area contributed by atoms with Gasteiger partial charge in [0.1, 0.15) is 5.75 Å². The van der Waals surface area contributed by atoms with Crippen LogP contribution in [0.15, 0.2) is 72.8 Å². The van der Waals surface area contributed by atoms with Gasteiger partial charge in [0.05, 0.1) is 24.3 Å². The Morgan fingerprint density at radius 3 is 2.55 bits per heavy atom. The summed E-state index contributed by atoms with van der Waals surface area (Å²) in [6.07, 6.45) is 0.0979. The molecule has 7 nitrogen and oxygen atoms in total. The second-order valence-electron chi connectivity index (χ2n) is 7.97. The first-order valence-corrected chi connectivity index (χ1v) is 10.7. The van der Waals surface area contributed by atoms with E-state index in [1.807, 2.05) is 37.3 Å². The first kappa shape index (κ1) is 22.1. The zero-order valence-corrected chi connectivity index (χ0v) is 18.5. The molecule has 7 heteroatoms. The largest absolute Gasteiger partial charge is 0.497 e. The van der Waals surface area contributed by atoms with E-state index in [0.717, 1.165) is 5.56 Å². The molecule has 1 unspecified atom stereocenters. The standard InChI is InChI=1S/C26H25N3O4/c1-17-7-5-8-19(13-17)27-26(32)22-11-3-4-12-23(22)28-25(31)18-14-24(30)29(16-18)20-9-6-10-21(15-20)33-2/h3-13,15,18H,14,16H2,1-2H3,(H,27,32)(H,28,31). The molecular formula is C26H25N3O4. The third-order valence-corrected chi connectivity index (χ3v) is 5.57. The van der Waals surface area contributed by atoms with Crippen molar-refractivity contribution >= 4 is 34.8 Å². The summed E-state index contributed by atoms with van der Waals surface area (Å²) in [4.78, 5) is 40.0. The number of para-hydroxylation sites is 1. The summed E-state index contributed by atoms with van der Waals surface area (Å²) in [5, 5.41) is 5.71. The maximum Gasteiger partial charge on any atom is 0.257 e. The summed E-state index contributed by atoms with van der Waals surface area (Å²) in [7, 11) is 1.56. The fraction of sp³-hybridized carbons (Fsp3) is 0.192. The third kappa shape index (κ3) is 5.03. The number of methoxy groups -OCH3 is 1. The van der Waals surface area contributed by atoms with Crippen molar-refractivity contribution in [1.29, 1.82) is 0 Å². The highest BCUT2D eigenvalue weighted by molar-refractivity contribution is 6.11. The van der Waals surface area contributed by atoms with Crippen molar-refractivity contribution in [2.24, 2.45) is 5.92 Å². The predicted octanol–water partition coefficient (Wildman–Crippen LogP) is 4.25. The molecule has 1 fully saturated rings. The summed E-state index contributed by atoms with van der Waals surface area (Å²) < 4.78 is 5.23. The molecule has 0 bridgehead atoms. The van der Waals surface area contributed by atoms with Gasteiger partial charge in [-0.25, -0.2) is 0 Å². The monoisotopic (exact) mass is 443 g/mol. The number of hydrogen-bond acceptors (Lipinski definition) is 4. The van der Waals surface area contributed by atoms with Gasteiger partial charge in [0.2, 0.25) is 11.8 Å². The molecule has 0 saturated carbocycles. The minimum absolute atomic E-state index is 0.0979. The molecule has 168 valence electrons. The van der Waals surface area contributed by atoms with Gasteiger partial charge in [-0.15, -0.1) is 0 Å². The van der Waals surface area contributed by atoms with Gasteiger partial charge in [0.15, 0.2) is 0 Å². The minimum atomic E-state index is -0.531. The van der Waals surface area contributed by atoms with Gasteiger partial charge < -0.3 is 20.3 Å². The highest BCUT2D eigenvalue weighted by Gasteiger charge is 2.35. The lowest BCUT2D eigenvalue weighted by molar-refractivity contribution is -0.122. The van der Waals surface area contributed by atoms with E-state index in [1.165, 1.54) is 0 Å². The van der Waals surface area contributed by atoms with Crippen molar-refractivity contribution in [2.75, 3.05) is 29.2 Å². The second-order valence-corrected chi connectivity index (χ2v) is 7.97. The number of carbonyl (C=O) groups is 3. The Labute approximate surface area is 192 Å². The van der Waals surface area contributed by atoms with E-state index in [9.17, 15) is 14.4 Å². The van der Waals surface area contributed by atoms with Gasteiger partial charge in [-0.2, -0.15) is 0 Å². The van der Waals surface area contributed by atoms with Crippen molar-refractivity contribution in [3.8, 4) is 5.75 Å². The number of carbonyl (C=O) groups excluding carboxylic acids is 3. The highest BCUT2D eigenvalue weighted by atomic mass is 16.5. The smallest absolute Gasteiger partial charge is 0.257 e. The first-order valence-electron chi connectivity index (χ1n) is 10.7. The van der Waals surface area contributed by atoms with E-state index < -0.39 is 5.92 Å². The van der Waals surface area contributed by atoms with Gasteiger partial charge in [0.25, 0.3) is 5.91 Å². The van der Waals surface area contributed by atoms with Crippen LogP contribution in [0, 0.1) is 12.8 Å². The number of nitrogens with zero attached hydrogens (tertiary/aromatic N) is 1. The molecule has 33 heavy (non-hydrogen) atoms. The van der Waals surface area contributed by atoms with Crippen molar-refractivity contribution in [3.05, 3.63) is 83.9 Å². The third-order valence-electron chi connectivity index (χ3n) is 5.57. The van der Waals surface area contributed by atoms with E-state index in [1.54, 1.807) is 54.5 Å². The van der Waals surface area contributed by atoms with Crippen LogP contribution in [0.2, 0.25) is 0 Å². The molecule has 4 rings (SSSR count). The molecule has 1 aliphatic rings. The van der Waals surface area contributed by atoms with E-state index in [4.69, 9.17) is 4.74 Å². The van der Waals surface area contributed by atoms with Crippen LogP contribution in [0.5, 0.6) is 5.75 Å². The lowest BCUT2D eigenvalue weighted by Crippen LogP contribution is -2.28. The van der Waals surface area contributed by atoms with Crippen molar-refractivity contribution in [1.82, 2.24) is 0 Å². The quantitative estimate of drug-likeness (QED) is 0.596. The zero-order chi connectivity index (χ0) is 23.4. The maximum absolute atomic E-state index is 13.0. The van der Waals surface area contributed by atoms with Crippen LogP contribution >= 0.6 is 0 Å². The first-order chi connectivity index (χ1) is 15.9. The fourth-order valence-electron chi connectivity index (χ4n) is 3.86. The summed E-state index contributed by atoms with van der Waals surface area (Å²) in [5.41, 5.74) is 3.14. The Kier molecular flexibility index (Phi) is 6.40. The lowest BCUT2D eigenvalue weighted by atomic mass is 10.1. The number of rotatable bonds is 6. The molecule has 1 aliphatic heterocycles. The lowest BCUT2D eigenvalue weighted by Gasteiger charge is -2.18. The average molecular weight is 444 g/mol. The van der Waals surface area contributed by atoms with Gasteiger partial charge >= 0.3 is 0 Å². The minimum Gasteiger partial charge on any atom is -0.497 e. The zero-order valence-electron chi connectivity index (χ0n) is 18.5. The SMILES string of the molecule is COc1cccc(N2CC(C(=O)Nc3ccccc3C(=O)Nc3cccc(C)c3)CC2=O)c1. The topological polar surface area (TPSA) is 87.7 Å². The number of hydrogen-bond donors (Lipinski definition) is 2. The number of benzene rings is 3. The van der Waals surface area contributed by atoms with E-state index in [2.05, 4.69) is 10.6 Å². The Balaban J connectivity index is 1.47. The van der Waals surface area contributed by atoms with Gasteiger partial charge in [-0.1, -0.05) is 30.3 Å². The van der Waals surface area contributed by atoms with Crippen LogP contribution in [0.4, 0.5) is 17.1 Å². The predicted molar refractivity (Wildman–Crippen MR) is 128 cm³/mol. The number of anilines is 3. The van der Waals surface area contributed by atoms with Crippen LogP contribution in [0.1, 0.15) is 22.3 Å². The van der Waals surface area contributed by atoms with Crippen LogP contribution < -0.4 is 20.3 Å². The van der Waals surface area contributed by atoms with Gasteiger partial charge in [-0.3, -0.25) is 14.4 Å². The Hall–Kier alpha value is -4.13. The summed E-state index contributed by atoms with van der Waals surface area (Å²) in [6.45, 7) is 2.21. The van der Waals surface area contributed by atoms with Crippen LogP contribution in [-0.4, -0.2) is 31.4 Å². The molecule has 0 aromatic heterocycles. The van der Waals surface area contributed by atoms with Crippen molar-refractivity contribution in [3.63, 3.8) is 0 Å². The number of aryl methyl sites for hydroxylation is 1. The molecule has 3 aromatic carbocycles. The molecule has 0 spiro atoms. The van der Waals surface area contributed by atoms with Crippen molar-refractivity contribution in [2.45, 2.75) is 13.3 Å². The number of amides is 3. The van der Waals surface area contributed by atoms with Gasteiger partial charge in [0, 0.05) is 30.4 Å². The molecule has 1 heterocycles. The van der Waals surface area contributed by atoms with E-state index in [-0.39, 0.29) is 30.7 Å². The maximum atomic E-state index is 13.0. The molecule has 0 radical (unpaired) electrons. The Bertz CT molecular complexity index is 1210. The molecule has 2 N–H and O–H groups in total. The molecule has 3 amide bonds. The summed E-state index contributed by atoms with van der Waals surface area (Å²) in [6, 6.07) is 21.5. The summed E-state index contributed by atoms with van der Waals surface area (Å²) in [5.74, 6) is -0.645. The molecule has 0 aliphatic carbocycles. The normalized spacial score (nSPS) is 15.3. The molecule has 3 aromatic rings. The number of nitrogens with one attached hydrogen (secondary N) is 2. The molecule has 1 atom stereocenters. The highest BCUT2D eigenvalue weighted by Crippen LogP contribution is 2.29. The fourth-order valence-corrected chi connectivity index (χ4v) is 3.86. The molecular weight excluding hydrogens is 418 g/mol. The summed E-state index contributed by atoms with van der Waals surface area (Å²) >= 11 is 0. The number of ether oxygens (including phenoxy) is 1. The van der Waals surface area contributed by atoms with Crippen LogP contribution in [-0.2, 0) is 9.59 Å². The molecule has 1 saturated heterocycles. The van der Waals surface area contributed by atoms with Crippen LogP contribution in [0.25, 0.3) is 0 Å². The Morgan fingerprint density at radius 2 is 1.76 bits per heavy atom. The van der Waals surface area contributed by atoms with Gasteiger partial charge in [-0.05, 0) is 48.9 Å². The van der Waals surface area contributed by atoms with Crippen molar-refractivity contribution < 1.29 is 19.1 Å².